The van der Waals surface area contributed by atoms with Crippen molar-refractivity contribution in [2.24, 2.45) is 11.8 Å². The van der Waals surface area contributed by atoms with Gasteiger partial charge >= 0.3 is 0 Å². The quantitative estimate of drug-likeness (QED) is 0.183. The van der Waals surface area contributed by atoms with Crippen LogP contribution in [0.1, 0.15) is 95.9 Å². The van der Waals surface area contributed by atoms with Crippen molar-refractivity contribution in [2.45, 2.75) is 58.3 Å². The monoisotopic (exact) mass is 944 g/mol. The molecule has 3 aliphatic carbocycles. The zero-order valence-corrected chi connectivity index (χ0v) is 41.9. The van der Waals surface area contributed by atoms with E-state index in [1.807, 2.05) is 0 Å². The van der Waals surface area contributed by atoms with E-state index in [9.17, 15) is 0 Å². The fourth-order valence-corrected chi connectivity index (χ4v) is 13.9. The first kappa shape index (κ1) is 42.6. The summed E-state index contributed by atoms with van der Waals surface area (Å²) < 4.78 is 7.82. The minimum absolute atomic E-state index is 0.0115. The van der Waals surface area contributed by atoms with E-state index in [0.717, 1.165) is 19.3 Å². The average Bonchev–Trinajstić information content (AvgIpc) is 4.07. The third-order valence-corrected chi connectivity index (χ3v) is 17.2. The molecule has 0 saturated carbocycles. The van der Waals surface area contributed by atoms with Crippen LogP contribution in [0.4, 0.5) is 5.69 Å². The summed E-state index contributed by atoms with van der Waals surface area (Å²) in [6, 6.07) is 63.8. The molecule has 5 unspecified atom stereocenters. The molecule has 73 heavy (non-hydrogen) atoms. The first-order valence-electron chi connectivity index (χ1n) is 26.5. The van der Waals surface area contributed by atoms with Crippen LogP contribution in [0.25, 0.3) is 89.4 Å². The number of hydrogen-bond donors (Lipinski definition) is 1. The standard InChI is InChI=1S/C68H57N5/c1-41-28-33-60-55(35-41)56-38-45(30-34-61(56)71(60)47-18-7-5-8-19-47)46-37-43(3)66-58(39-46)51-31-27-42(2)36-62(51)73(66)68-69-65(53-25-15-16-26-59(53)70(68)4)57-40-63-64(52-24-14-13-23-50(52)57)54-32-29-44-17-11-12-22-49(44)67(54)72(63)48-20-9-6-10-21-48/h5-34,38-43,65,68-69H,35-37H2,1-4H3/p+1. The number of para-hydroxylation sites is 3. The van der Waals surface area contributed by atoms with Gasteiger partial charge in [-0.25, -0.2) is 0 Å². The lowest BCUT2D eigenvalue weighted by molar-refractivity contribution is -0.742. The van der Waals surface area contributed by atoms with E-state index < -0.39 is 0 Å². The van der Waals surface area contributed by atoms with Gasteiger partial charge in [0.2, 0.25) is 6.29 Å². The molecule has 0 spiro atoms. The Morgan fingerprint density at radius 2 is 1.23 bits per heavy atom. The Hall–Kier alpha value is -8.12. The zero-order valence-electron chi connectivity index (χ0n) is 41.9. The highest BCUT2D eigenvalue weighted by Crippen LogP contribution is 2.49. The van der Waals surface area contributed by atoms with Crippen LogP contribution in [0.2, 0.25) is 0 Å². The maximum atomic E-state index is 2.80. The molecule has 5 heteroatoms. The highest BCUT2D eigenvalue weighted by atomic mass is 15.4. The SMILES string of the molecule is CC1C=Cc2c(c3cc(C4=Cc5c6c(n(C7[NH2+]C(c8cc9c(c%10ccccc8%10)c8ccc%10ccccc%10c8n9-c8ccccc8)c8ccccc8N7C)c5C(C)C4)CC(C)C=C6)ccc3n2-c2ccccc2)C1. The van der Waals surface area contributed by atoms with Crippen molar-refractivity contribution in [3.63, 3.8) is 0 Å². The predicted octanol–water partition coefficient (Wildman–Crippen LogP) is 15.6. The number of hydrogen-bond acceptors (Lipinski definition) is 1. The van der Waals surface area contributed by atoms with Crippen molar-refractivity contribution in [1.82, 2.24) is 13.7 Å². The van der Waals surface area contributed by atoms with Gasteiger partial charge < -0.3 is 14.0 Å². The average molecular weight is 945 g/mol. The largest absolute Gasteiger partial charge is 0.310 e. The number of aromatic nitrogens is 3. The highest BCUT2D eigenvalue weighted by molar-refractivity contribution is 6.26. The molecule has 4 heterocycles. The fourth-order valence-electron chi connectivity index (χ4n) is 13.9. The molecule has 15 rings (SSSR count). The van der Waals surface area contributed by atoms with Crippen LogP contribution in [-0.4, -0.2) is 20.7 Å². The number of nitrogens with zero attached hydrogens (tertiary/aromatic N) is 4. The number of nitrogens with two attached hydrogens (primary N) is 1. The van der Waals surface area contributed by atoms with Gasteiger partial charge in [-0.1, -0.05) is 160 Å². The van der Waals surface area contributed by atoms with Crippen LogP contribution in [0.3, 0.4) is 0 Å². The third-order valence-electron chi connectivity index (χ3n) is 17.2. The van der Waals surface area contributed by atoms with Gasteiger partial charge in [0.05, 0.1) is 22.2 Å². The molecular weight excluding hydrogens is 887 g/mol. The Bertz CT molecular complexity index is 4180. The number of allylic oxidation sites excluding steroid dienone is 3. The molecule has 8 aromatic carbocycles. The maximum absolute atomic E-state index is 2.80. The van der Waals surface area contributed by atoms with Gasteiger partial charge in [-0.05, 0) is 125 Å². The van der Waals surface area contributed by atoms with Crippen LogP contribution in [0.15, 0.2) is 182 Å². The molecule has 0 bridgehead atoms. The molecule has 4 aliphatic rings. The maximum Gasteiger partial charge on any atom is 0.247 e. The zero-order chi connectivity index (χ0) is 48.6. The summed E-state index contributed by atoms with van der Waals surface area (Å²) in [6.45, 7) is 7.22. The number of fused-ring (bicyclic) bond motifs is 14. The third kappa shape index (κ3) is 6.31. The van der Waals surface area contributed by atoms with Crippen LogP contribution in [-0.2, 0) is 12.8 Å². The normalized spacial score (nSPS) is 20.2. The van der Waals surface area contributed by atoms with Gasteiger partial charge in [-0.2, -0.15) is 0 Å². The molecule has 5 atom stereocenters. The van der Waals surface area contributed by atoms with Crippen LogP contribution >= 0.6 is 0 Å². The van der Waals surface area contributed by atoms with Crippen molar-refractivity contribution >= 4 is 83.7 Å². The Morgan fingerprint density at radius 1 is 0.534 bits per heavy atom. The van der Waals surface area contributed by atoms with Crippen molar-refractivity contribution in [1.29, 1.82) is 0 Å². The van der Waals surface area contributed by atoms with E-state index in [4.69, 9.17) is 0 Å². The Balaban J connectivity index is 0.916. The molecule has 3 aromatic heterocycles. The lowest BCUT2D eigenvalue weighted by atomic mass is 9.83. The van der Waals surface area contributed by atoms with E-state index in [1.165, 1.54) is 127 Å². The second-order valence-electron chi connectivity index (χ2n) is 21.7. The molecule has 0 saturated heterocycles. The van der Waals surface area contributed by atoms with Crippen LogP contribution < -0.4 is 10.2 Å². The van der Waals surface area contributed by atoms with Gasteiger partial charge in [-0.3, -0.25) is 9.88 Å². The summed E-state index contributed by atoms with van der Waals surface area (Å²) in [4.78, 5) is 2.57. The van der Waals surface area contributed by atoms with Crippen molar-refractivity contribution in [2.75, 3.05) is 11.9 Å². The second-order valence-corrected chi connectivity index (χ2v) is 21.7. The van der Waals surface area contributed by atoms with Gasteiger partial charge in [0.1, 0.15) is 6.04 Å². The highest BCUT2D eigenvalue weighted by Gasteiger charge is 2.42. The number of anilines is 1. The summed E-state index contributed by atoms with van der Waals surface area (Å²) in [6.07, 6.45) is 15.3. The molecule has 11 aromatic rings. The van der Waals surface area contributed by atoms with E-state index in [2.05, 4.69) is 252 Å². The van der Waals surface area contributed by atoms with E-state index in [-0.39, 0.29) is 12.3 Å². The summed E-state index contributed by atoms with van der Waals surface area (Å²) in [5.41, 5.74) is 21.5. The molecule has 2 N–H and O–H groups in total. The minimum Gasteiger partial charge on any atom is -0.310 e. The Morgan fingerprint density at radius 3 is 2.05 bits per heavy atom. The van der Waals surface area contributed by atoms with Crippen molar-refractivity contribution in [3.05, 3.63) is 232 Å². The molecule has 0 fully saturated rings. The number of quaternary nitrogens is 1. The van der Waals surface area contributed by atoms with Gasteiger partial charge in [0, 0.05) is 85.2 Å². The van der Waals surface area contributed by atoms with E-state index in [1.54, 1.807) is 0 Å². The van der Waals surface area contributed by atoms with Gasteiger partial charge in [0.25, 0.3) is 0 Å². The van der Waals surface area contributed by atoms with Crippen molar-refractivity contribution in [3.8, 4) is 11.4 Å². The Labute approximate surface area is 426 Å². The molecule has 0 amide bonds. The Kier molecular flexibility index (Phi) is 9.44. The second kappa shape index (κ2) is 16.2. The topological polar surface area (TPSA) is 34.6 Å². The first-order valence-corrected chi connectivity index (χ1v) is 26.5. The summed E-state index contributed by atoms with van der Waals surface area (Å²) in [7, 11) is 2.33. The van der Waals surface area contributed by atoms with Crippen molar-refractivity contribution < 1.29 is 5.32 Å². The lowest BCUT2D eigenvalue weighted by Crippen LogP contribution is -2.92. The molecule has 5 nitrogen and oxygen atoms in total. The van der Waals surface area contributed by atoms with Gasteiger partial charge in [0.15, 0.2) is 0 Å². The number of benzene rings is 8. The molecule has 0 radical (unpaired) electrons. The molecule has 1 aliphatic heterocycles. The predicted molar refractivity (Wildman–Crippen MR) is 306 cm³/mol. The smallest absolute Gasteiger partial charge is 0.247 e. The molecular formula is C68H58N5+. The lowest BCUT2D eigenvalue weighted by Gasteiger charge is -2.41. The van der Waals surface area contributed by atoms with E-state index >= 15 is 0 Å². The fraction of sp³-hybridized carbons (Fsp3) is 0.176. The summed E-state index contributed by atoms with van der Waals surface area (Å²) in [5.74, 6) is 1.25. The van der Waals surface area contributed by atoms with Crippen LogP contribution in [0.5, 0.6) is 0 Å². The molecule has 354 valence electrons. The van der Waals surface area contributed by atoms with E-state index in [0.29, 0.717) is 17.8 Å². The minimum atomic E-state index is -0.0115. The first-order chi connectivity index (χ1) is 35.9. The van der Waals surface area contributed by atoms with Crippen LogP contribution in [0, 0.1) is 11.8 Å². The summed E-state index contributed by atoms with van der Waals surface area (Å²) >= 11 is 0. The number of rotatable bonds is 5. The van der Waals surface area contributed by atoms with Gasteiger partial charge in [-0.15, -0.1) is 0 Å². The summed E-state index contributed by atoms with van der Waals surface area (Å²) in [5, 5.41) is 11.8.